The van der Waals surface area contributed by atoms with Crippen molar-refractivity contribution in [2.75, 3.05) is 19.7 Å². The van der Waals surface area contributed by atoms with Gasteiger partial charge in [-0.25, -0.2) is 24.1 Å². The number of nitrogens with zero attached hydrogens (tertiary/aromatic N) is 6. The summed E-state index contributed by atoms with van der Waals surface area (Å²) in [4.78, 5) is 40.4. The average molecular weight is 664 g/mol. The molecule has 0 saturated carbocycles. The number of hydrogen-bond donors (Lipinski definition) is 0. The maximum atomic E-state index is 15.0. The largest absolute Gasteiger partial charge is 0.490 e. The molecule has 0 radical (unpaired) electrons. The molecule has 10 nitrogen and oxygen atoms in total. The number of likely N-dealkylation sites (tertiary alicyclic amines) is 1. The maximum absolute atomic E-state index is 15.0. The standard InChI is InChI=1S/C32H32BrFN6O4/c1-32(2,3)44-31(42)38-11-8-20(9-12-38)19-43-24-16-35-29(36-17-24)21-4-6-25(34)22(14-21)18-40-28(41)10-13-39-27-15-23(33)5-7-26(27)37-30(39)40/h4-7,10,13-17,20H,8-9,11-12,18-19H2,1-3H3. The molecule has 1 aliphatic heterocycles. The number of aromatic nitrogens is 5. The predicted octanol–water partition coefficient (Wildman–Crippen LogP) is 6.08. The van der Waals surface area contributed by atoms with Gasteiger partial charge in [0, 0.05) is 41.0 Å². The number of imidazole rings is 1. The van der Waals surface area contributed by atoms with Crippen LogP contribution in [-0.4, -0.2) is 60.2 Å². The molecule has 0 bridgehead atoms. The molecule has 228 valence electrons. The zero-order valence-electron chi connectivity index (χ0n) is 24.7. The Labute approximate surface area is 261 Å². The minimum Gasteiger partial charge on any atom is -0.490 e. The minimum absolute atomic E-state index is 0.0126. The molecule has 5 aromatic rings. The average Bonchev–Trinajstić information content (AvgIpc) is 3.36. The zero-order chi connectivity index (χ0) is 31.0. The van der Waals surface area contributed by atoms with Gasteiger partial charge in [0.15, 0.2) is 11.6 Å². The lowest BCUT2D eigenvalue weighted by atomic mass is 9.98. The first-order valence-electron chi connectivity index (χ1n) is 14.4. The van der Waals surface area contributed by atoms with Crippen LogP contribution in [0, 0.1) is 11.7 Å². The summed E-state index contributed by atoms with van der Waals surface area (Å²) < 4.78 is 30.6. The Bertz CT molecular complexity index is 1890. The molecular formula is C32H32BrFN6O4. The summed E-state index contributed by atoms with van der Waals surface area (Å²) >= 11 is 3.48. The topological polar surface area (TPSA) is 104 Å². The van der Waals surface area contributed by atoms with Crippen LogP contribution < -0.4 is 10.3 Å². The first kappa shape index (κ1) is 29.7. The predicted molar refractivity (Wildman–Crippen MR) is 167 cm³/mol. The van der Waals surface area contributed by atoms with Gasteiger partial charge in [-0.2, -0.15) is 0 Å². The Morgan fingerprint density at radius 3 is 2.55 bits per heavy atom. The van der Waals surface area contributed by atoms with Crippen LogP contribution >= 0.6 is 15.9 Å². The first-order chi connectivity index (χ1) is 21.0. The third-order valence-corrected chi connectivity index (χ3v) is 8.01. The number of benzene rings is 2. The minimum atomic E-state index is -0.513. The van der Waals surface area contributed by atoms with E-state index < -0.39 is 11.4 Å². The van der Waals surface area contributed by atoms with Gasteiger partial charge in [0.2, 0.25) is 5.78 Å². The van der Waals surface area contributed by atoms with Gasteiger partial charge in [0.1, 0.15) is 11.4 Å². The van der Waals surface area contributed by atoms with E-state index in [9.17, 15) is 9.59 Å². The Kier molecular flexibility index (Phi) is 8.10. The van der Waals surface area contributed by atoms with Crippen molar-refractivity contribution in [1.82, 2.24) is 28.8 Å². The van der Waals surface area contributed by atoms with E-state index in [-0.39, 0.29) is 18.2 Å². The van der Waals surface area contributed by atoms with E-state index >= 15 is 4.39 Å². The zero-order valence-corrected chi connectivity index (χ0v) is 26.3. The molecule has 4 heterocycles. The summed E-state index contributed by atoms with van der Waals surface area (Å²) in [6.45, 7) is 7.31. The summed E-state index contributed by atoms with van der Waals surface area (Å²) in [7, 11) is 0. The Hall–Kier alpha value is -4.32. The Morgan fingerprint density at radius 2 is 1.82 bits per heavy atom. The highest BCUT2D eigenvalue weighted by atomic mass is 79.9. The molecule has 1 saturated heterocycles. The van der Waals surface area contributed by atoms with Crippen LogP contribution in [-0.2, 0) is 11.3 Å². The van der Waals surface area contributed by atoms with Crippen LogP contribution in [0.3, 0.4) is 0 Å². The number of carbonyl (C=O) groups excluding carboxylic acids is 1. The SMILES string of the molecule is CC(C)(C)OC(=O)N1CCC(COc2cnc(-c3ccc(F)c(Cn4c(=O)ccn5c6cc(Br)ccc6nc45)c3)nc2)CC1. The molecule has 44 heavy (non-hydrogen) atoms. The molecule has 6 rings (SSSR count). The first-order valence-corrected chi connectivity index (χ1v) is 15.2. The van der Waals surface area contributed by atoms with E-state index in [0.29, 0.717) is 54.1 Å². The number of fused-ring (bicyclic) bond motifs is 3. The second kappa shape index (κ2) is 12.0. The molecule has 0 spiro atoms. The van der Waals surface area contributed by atoms with Gasteiger partial charge in [-0.15, -0.1) is 0 Å². The molecule has 2 aromatic carbocycles. The summed E-state index contributed by atoms with van der Waals surface area (Å²) in [6.07, 6.45) is 6.23. The second-order valence-corrected chi connectivity index (χ2v) is 12.8. The molecule has 12 heteroatoms. The fraction of sp³-hybridized carbons (Fsp3) is 0.344. The van der Waals surface area contributed by atoms with Gasteiger partial charge in [0.25, 0.3) is 5.56 Å². The molecule has 0 unspecified atom stereocenters. The van der Waals surface area contributed by atoms with Crippen LogP contribution in [0.5, 0.6) is 5.75 Å². The van der Waals surface area contributed by atoms with Crippen molar-refractivity contribution in [3.05, 3.63) is 87.3 Å². The molecule has 1 aliphatic rings. The van der Waals surface area contributed by atoms with Crippen LogP contribution in [0.1, 0.15) is 39.2 Å². The third kappa shape index (κ3) is 6.45. The maximum Gasteiger partial charge on any atom is 0.410 e. The van der Waals surface area contributed by atoms with Gasteiger partial charge in [-0.05, 0) is 75.9 Å². The van der Waals surface area contributed by atoms with Gasteiger partial charge < -0.3 is 14.4 Å². The van der Waals surface area contributed by atoms with Crippen LogP contribution in [0.2, 0.25) is 0 Å². The molecule has 0 aliphatic carbocycles. The molecule has 0 N–H and O–H groups in total. The quantitative estimate of drug-likeness (QED) is 0.217. The van der Waals surface area contributed by atoms with Crippen molar-refractivity contribution in [3.8, 4) is 17.1 Å². The van der Waals surface area contributed by atoms with Crippen molar-refractivity contribution in [2.24, 2.45) is 5.92 Å². The van der Waals surface area contributed by atoms with Crippen molar-refractivity contribution in [3.63, 3.8) is 0 Å². The lowest BCUT2D eigenvalue weighted by molar-refractivity contribution is 0.0165. The number of halogens is 2. The summed E-state index contributed by atoms with van der Waals surface area (Å²) in [5, 5.41) is 0. The van der Waals surface area contributed by atoms with Gasteiger partial charge >= 0.3 is 6.09 Å². The van der Waals surface area contributed by atoms with E-state index in [1.165, 1.54) is 16.7 Å². The Balaban J connectivity index is 1.12. The number of piperidine rings is 1. The van der Waals surface area contributed by atoms with Crippen molar-refractivity contribution in [2.45, 2.75) is 45.8 Å². The van der Waals surface area contributed by atoms with Crippen LogP contribution in [0.15, 0.2) is 70.3 Å². The fourth-order valence-electron chi connectivity index (χ4n) is 5.23. The molecule has 0 atom stereocenters. The lowest BCUT2D eigenvalue weighted by Gasteiger charge is -2.33. The molecule has 3 aromatic heterocycles. The van der Waals surface area contributed by atoms with Gasteiger partial charge in [-0.3, -0.25) is 13.8 Å². The monoisotopic (exact) mass is 662 g/mol. The number of ether oxygens (including phenoxy) is 2. The Morgan fingerprint density at radius 1 is 1.07 bits per heavy atom. The van der Waals surface area contributed by atoms with Gasteiger partial charge in [-0.1, -0.05) is 15.9 Å². The number of amides is 1. The number of carbonyl (C=O) groups is 1. The summed E-state index contributed by atoms with van der Waals surface area (Å²) in [5.74, 6) is 1.21. The molecule has 1 amide bonds. The summed E-state index contributed by atoms with van der Waals surface area (Å²) in [6, 6.07) is 11.7. The van der Waals surface area contributed by atoms with Crippen molar-refractivity contribution >= 4 is 38.8 Å². The van der Waals surface area contributed by atoms with Crippen molar-refractivity contribution < 1.29 is 18.7 Å². The second-order valence-electron chi connectivity index (χ2n) is 11.9. The highest BCUT2D eigenvalue weighted by Gasteiger charge is 2.27. The van der Waals surface area contributed by atoms with E-state index in [1.54, 1.807) is 35.6 Å². The highest BCUT2D eigenvalue weighted by Crippen LogP contribution is 2.25. The number of rotatable bonds is 6. The normalized spacial score (nSPS) is 14.3. The van der Waals surface area contributed by atoms with E-state index in [1.807, 2.05) is 43.4 Å². The third-order valence-electron chi connectivity index (χ3n) is 7.52. The van der Waals surface area contributed by atoms with E-state index in [0.717, 1.165) is 28.3 Å². The fourth-order valence-corrected chi connectivity index (χ4v) is 5.58. The smallest absolute Gasteiger partial charge is 0.410 e. The highest BCUT2D eigenvalue weighted by molar-refractivity contribution is 9.10. The van der Waals surface area contributed by atoms with E-state index in [2.05, 4.69) is 30.9 Å². The molecule has 1 fully saturated rings. The van der Waals surface area contributed by atoms with Gasteiger partial charge in [0.05, 0.1) is 36.6 Å². The van der Waals surface area contributed by atoms with Crippen LogP contribution in [0.25, 0.3) is 28.2 Å². The molecular weight excluding hydrogens is 631 g/mol. The van der Waals surface area contributed by atoms with Crippen LogP contribution in [0.4, 0.5) is 9.18 Å². The lowest BCUT2D eigenvalue weighted by Crippen LogP contribution is -2.42. The number of hydrogen-bond acceptors (Lipinski definition) is 7. The summed E-state index contributed by atoms with van der Waals surface area (Å²) in [5.41, 5.74) is 1.68. The van der Waals surface area contributed by atoms with Crippen molar-refractivity contribution in [1.29, 1.82) is 0 Å². The van der Waals surface area contributed by atoms with E-state index in [4.69, 9.17) is 9.47 Å².